The quantitative estimate of drug-likeness (QED) is 0.773. The number of rotatable bonds is 6. The van der Waals surface area contributed by atoms with Gasteiger partial charge in [0.2, 0.25) is 0 Å². The van der Waals surface area contributed by atoms with Crippen LogP contribution in [0.1, 0.15) is 31.9 Å². The lowest BCUT2D eigenvalue weighted by atomic mass is 10.1. The number of benzene rings is 1. The van der Waals surface area contributed by atoms with Gasteiger partial charge in [-0.25, -0.2) is 0 Å². The first kappa shape index (κ1) is 13.0. The fraction of sp³-hybridized carbons (Fsp3) is 0.538. The molecule has 0 amide bonds. The van der Waals surface area contributed by atoms with Crippen LogP contribution in [-0.4, -0.2) is 24.8 Å². The third kappa shape index (κ3) is 3.51. The van der Waals surface area contributed by atoms with Crippen molar-refractivity contribution in [1.82, 2.24) is 0 Å². The second-order valence-electron chi connectivity index (χ2n) is 4.04. The van der Waals surface area contributed by atoms with Crippen molar-refractivity contribution in [2.45, 2.75) is 26.3 Å². The Kier molecular flexibility index (Phi) is 5.29. The lowest BCUT2D eigenvalue weighted by molar-refractivity contribution is 0.289. The van der Waals surface area contributed by atoms with Crippen LogP contribution in [0.15, 0.2) is 24.3 Å². The average Bonchev–Trinajstić information content (AvgIpc) is 2.30. The molecule has 16 heavy (non-hydrogen) atoms. The van der Waals surface area contributed by atoms with Crippen LogP contribution in [0.5, 0.6) is 0 Å². The van der Waals surface area contributed by atoms with Gasteiger partial charge in [0.05, 0.1) is 0 Å². The molecule has 1 atom stereocenters. The van der Waals surface area contributed by atoms with E-state index in [9.17, 15) is 0 Å². The van der Waals surface area contributed by atoms with E-state index in [4.69, 9.17) is 10.8 Å². The molecule has 1 aromatic rings. The van der Waals surface area contributed by atoms with E-state index >= 15 is 0 Å². The predicted molar refractivity (Wildman–Crippen MR) is 68.6 cm³/mol. The number of anilines is 1. The fourth-order valence-corrected chi connectivity index (χ4v) is 1.72. The summed E-state index contributed by atoms with van der Waals surface area (Å²) >= 11 is 0. The lowest BCUT2D eigenvalue weighted by Gasteiger charge is -2.23. The molecule has 1 aromatic carbocycles. The van der Waals surface area contributed by atoms with Gasteiger partial charge in [0.25, 0.3) is 0 Å². The highest BCUT2D eigenvalue weighted by molar-refractivity contribution is 5.47. The molecular weight excluding hydrogens is 200 g/mol. The van der Waals surface area contributed by atoms with Gasteiger partial charge in [0.15, 0.2) is 0 Å². The van der Waals surface area contributed by atoms with Gasteiger partial charge in [0.1, 0.15) is 0 Å². The van der Waals surface area contributed by atoms with Gasteiger partial charge in [-0.1, -0.05) is 12.1 Å². The summed E-state index contributed by atoms with van der Waals surface area (Å²) in [6.45, 7) is 6.20. The Labute approximate surface area is 97.9 Å². The SMILES string of the molecule is CCN(CCCO)c1ccc(C(C)N)cc1. The van der Waals surface area contributed by atoms with E-state index in [-0.39, 0.29) is 12.6 Å². The summed E-state index contributed by atoms with van der Waals surface area (Å²) < 4.78 is 0. The summed E-state index contributed by atoms with van der Waals surface area (Å²) in [6, 6.07) is 8.42. The molecule has 0 bridgehead atoms. The van der Waals surface area contributed by atoms with Crippen LogP contribution >= 0.6 is 0 Å². The lowest BCUT2D eigenvalue weighted by Crippen LogP contribution is -2.24. The topological polar surface area (TPSA) is 49.5 Å². The third-order valence-electron chi connectivity index (χ3n) is 2.75. The van der Waals surface area contributed by atoms with Crippen LogP contribution < -0.4 is 10.6 Å². The molecule has 3 heteroatoms. The fourth-order valence-electron chi connectivity index (χ4n) is 1.72. The first-order valence-corrected chi connectivity index (χ1v) is 5.90. The van der Waals surface area contributed by atoms with Gasteiger partial charge in [0, 0.05) is 31.4 Å². The van der Waals surface area contributed by atoms with Crippen molar-refractivity contribution in [3.63, 3.8) is 0 Å². The molecule has 0 aliphatic rings. The van der Waals surface area contributed by atoms with Gasteiger partial charge in [-0.2, -0.15) is 0 Å². The number of nitrogens with zero attached hydrogens (tertiary/aromatic N) is 1. The van der Waals surface area contributed by atoms with Crippen molar-refractivity contribution in [3.8, 4) is 0 Å². The number of hydrogen-bond acceptors (Lipinski definition) is 3. The van der Waals surface area contributed by atoms with Crippen LogP contribution in [0.2, 0.25) is 0 Å². The van der Waals surface area contributed by atoms with Crippen molar-refractivity contribution >= 4 is 5.69 Å². The zero-order valence-electron chi connectivity index (χ0n) is 10.2. The normalized spacial score (nSPS) is 12.5. The number of hydrogen-bond donors (Lipinski definition) is 2. The molecule has 0 fully saturated rings. The molecule has 0 saturated heterocycles. The Morgan fingerprint density at radius 3 is 2.38 bits per heavy atom. The van der Waals surface area contributed by atoms with Crippen LogP contribution in [0.25, 0.3) is 0 Å². The van der Waals surface area contributed by atoms with E-state index in [1.54, 1.807) is 0 Å². The smallest absolute Gasteiger partial charge is 0.0447 e. The standard InChI is InChI=1S/C13H22N2O/c1-3-15(9-4-10-16)13-7-5-12(6-8-13)11(2)14/h5-8,11,16H,3-4,9-10,14H2,1-2H3. The summed E-state index contributed by atoms with van der Waals surface area (Å²) in [5.74, 6) is 0. The zero-order valence-corrected chi connectivity index (χ0v) is 10.2. The highest BCUT2D eigenvalue weighted by atomic mass is 16.3. The molecule has 3 N–H and O–H groups in total. The van der Waals surface area contributed by atoms with Gasteiger partial charge in [-0.15, -0.1) is 0 Å². The number of nitrogens with two attached hydrogens (primary N) is 1. The highest BCUT2D eigenvalue weighted by Gasteiger charge is 2.04. The maximum Gasteiger partial charge on any atom is 0.0447 e. The Morgan fingerprint density at radius 1 is 1.31 bits per heavy atom. The summed E-state index contributed by atoms with van der Waals surface area (Å²) in [5.41, 5.74) is 8.16. The van der Waals surface area contributed by atoms with Crippen molar-refractivity contribution < 1.29 is 5.11 Å². The van der Waals surface area contributed by atoms with Crippen LogP contribution in [0.4, 0.5) is 5.69 Å². The molecule has 1 unspecified atom stereocenters. The van der Waals surface area contributed by atoms with E-state index < -0.39 is 0 Å². The molecule has 3 nitrogen and oxygen atoms in total. The largest absolute Gasteiger partial charge is 0.396 e. The summed E-state index contributed by atoms with van der Waals surface area (Å²) in [6.07, 6.45) is 0.808. The highest BCUT2D eigenvalue weighted by Crippen LogP contribution is 2.18. The van der Waals surface area contributed by atoms with Crippen molar-refractivity contribution in [3.05, 3.63) is 29.8 Å². The van der Waals surface area contributed by atoms with Gasteiger partial charge in [-0.05, 0) is 38.0 Å². The molecule has 90 valence electrons. The Balaban J connectivity index is 2.70. The van der Waals surface area contributed by atoms with Crippen molar-refractivity contribution in [2.75, 3.05) is 24.6 Å². The van der Waals surface area contributed by atoms with Crippen LogP contribution in [0, 0.1) is 0 Å². The monoisotopic (exact) mass is 222 g/mol. The van der Waals surface area contributed by atoms with Gasteiger partial charge >= 0.3 is 0 Å². The molecule has 0 heterocycles. The number of aliphatic hydroxyl groups excluding tert-OH is 1. The average molecular weight is 222 g/mol. The predicted octanol–water partition coefficient (Wildman–Crippen LogP) is 1.92. The van der Waals surface area contributed by atoms with E-state index in [1.165, 1.54) is 5.69 Å². The third-order valence-corrected chi connectivity index (χ3v) is 2.75. The van der Waals surface area contributed by atoms with E-state index in [1.807, 2.05) is 6.92 Å². The van der Waals surface area contributed by atoms with E-state index in [0.29, 0.717) is 0 Å². The van der Waals surface area contributed by atoms with Gasteiger partial charge in [-0.3, -0.25) is 0 Å². The maximum atomic E-state index is 8.83. The minimum atomic E-state index is 0.0848. The molecule has 0 aromatic heterocycles. The summed E-state index contributed by atoms with van der Waals surface area (Å²) in [7, 11) is 0. The van der Waals surface area contributed by atoms with E-state index in [2.05, 4.69) is 36.1 Å². The van der Waals surface area contributed by atoms with Gasteiger partial charge < -0.3 is 15.7 Å². The zero-order chi connectivity index (χ0) is 12.0. The first-order chi connectivity index (χ1) is 7.69. The molecule has 0 radical (unpaired) electrons. The Bertz CT molecular complexity index is 295. The molecule has 0 aliphatic carbocycles. The second kappa shape index (κ2) is 6.51. The van der Waals surface area contributed by atoms with Crippen molar-refractivity contribution in [2.24, 2.45) is 5.73 Å². The molecular formula is C13H22N2O. The summed E-state index contributed by atoms with van der Waals surface area (Å²) in [4.78, 5) is 2.25. The Hall–Kier alpha value is -1.06. The maximum absolute atomic E-state index is 8.83. The Morgan fingerprint density at radius 2 is 1.94 bits per heavy atom. The first-order valence-electron chi connectivity index (χ1n) is 5.90. The van der Waals surface area contributed by atoms with Crippen LogP contribution in [-0.2, 0) is 0 Å². The second-order valence-corrected chi connectivity index (χ2v) is 4.04. The van der Waals surface area contributed by atoms with E-state index in [0.717, 1.165) is 25.1 Å². The summed E-state index contributed by atoms with van der Waals surface area (Å²) in [5, 5.41) is 8.83. The molecule has 0 aliphatic heterocycles. The van der Waals surface area contributed by atoms with Crippen LogP contribution in [0.3, 0.4) is 0 Å². The van der Waals surface area contributed by atoms with Crippen molar-refractivity contribution in [1.29, 1.82) is 0 Å². The number of aliphatic hydroxyl groups is 1. The molecule has 1 rings (SSSR count). The minimum absolute atomic E-state index is 0.0848. The molecule has 0 saturated carbocycles. The molecule has 0 spiro atoms. The minimum Gasteiger partial charge on any atom is -0.396 e.